The average molecular weight is 407 g/mol. The molecule has 1 aromatic heterocycles. The van der Waals surface area contributed by atoms with Crippen molar-refractivity contribution in [2.75, 3.05) is 7.05 Å². The molecule has 0 bridgehead atoms. The van der Waals surface area contributed by atoms with E-state index in [0.717, 1.165) is 23.4 Å². The normalized spacial score (nSPS) is 16.1. The van der Waals surface area contributed by atoms with E-state index in [-0.39, 0.29) is 5.82 Å². The lowest BCUT2D eigenvalue weighted by atomic mass is 10.1. The van der Waals surface area contributed by atoms with Gasteiger partial charge in [-0.2, -0.15) is 0 Å². The van der Waals surface area contributed by atoms with Gasteiger partial charge in [0.15, 0.2) is 0 Å². The van der Waals surface area contributed by atoms with Crippen LogP contribution >= 0.6 is 35.1 Å². The lowest BCUT2D eigenvalue weighted by Gasteiger charge is -2.12. The Hall–Kier alpha value is -1.46. The van der Waals surface area contributed by atoms with Crippen LogP contribution in [0.4, 0.5) is 4.39 Å². The average Bonchev–Trinajstić information content (AvgIpc) is 3.17. The van der Waals surface area contributed by atoms with Gasteiger partial charge in [0.1, 0.15) is 5.82 Å². The summed E-state index contributed by atoms with van der Waals surface area (Å²) in [5.41, 5.74) is 3.99. The van der Waals surface area contributed by atoms with Gasteiger partial charge in [0, 0.05) is 22.7 Å². The molecule has 26 heavy (non-hydrogen) atoms. The van der Waals surface area contributed by atoms with Crippen LogP contribution in [0, 0.1) is 5.82 Å². The van der Waals surface area contributed by atoms with Crippen molar-refractivity contribution in [2.45, 2.75) is 23.8 Å². The molecule has 1 N–H and O–H groups in total. The van der Waals surface area contributed by atoms with Gasteiger partial charge in [-0.15, -0.1) is 0 Å². The van der Waals surface area contributed by atoms with Crippen molar-refractivity contribution >= 4 is 35.1 Å². The topological polar surface area (TPSA) is 17.0 Å². The Kier molecular flexibility index (Phi) is 5.02. The maximum atomic E-state index is 14.6. The van der Waals surface area contributed by atoms with Crippen LogP contribution in [0.3, 0.4) is 0 Å². The highest BCUT2D eigenvalue weighted by Gasteiger charge is 2.29. The summed E-state index contributed by atoms with van der Waals surface area (Å²) in [6, 6.07) is 12.8. The molecule has 4 rings (SSSR count). The summed E-state index contributed by atoms with van der Waals surface area (Å²) in [7, 11) is 1.96. The monoisotopic (exact) mass is 406 g/mol. The van der Waals surface area contributed by atoms with Gasteiger partial charge in [0.25, 0.3) is 0 Å². The molecule has 1 heterocycles. The smallest absolute Gasteiger partial charge is 0.132 e. The fraction of sp³-hybridized carbons (Fsp3) is 0.200. The summed E-state index contributed by atoms with van der Waals surface area (Å²) in [6.45, 7) is 0. The van der Waals surface area contributed by atoms with Crippen molar-refractivity contribution in [2.24, 2.45) is 0 Å². The molecule has 2 aromatic carbocycles. The summed E-state index contributed by atoms with van der Waals surface area (Å²) in [4.78, 5) is 0.951. The van der Waals surface area contributed by atoms with Gasteiger partial charge in [-0.05, 0) is 73.3 Å². The van der Waals surface area contributed by atoms with Crippen LogP contribution in [-0.4, -0.2) is 11.0 Å². The molecule has 0 radical (unpaired) electrons. The second-order valence-corrected chi connectivity index (χ2v) is 8.13. The van der Waals surface area contributed by atoms with Gasteiger partial charge >= 0.3 is 0 Å². The molecule has 1 aliphatic carbocycles. The van der Waals surface area contributed by atoms with Crippen molar-refractivity contribution in [3.8, 4) is 11.3 Å². The Morgan fingerprint density at radius 2 is 1.96 bits per heavy atom. The third kappa shape index (κ3) is 3.16. The van der Waals surface area contributed by atoms with Gasteiger partial charge in [-0.25, -0.2) is 4.39 Å². The Balaban J connectivity index is 1.84. The quantitative estimate of drug-likeness (QED) is 0.542. The maximum absolute atomic E-state index is 14.6. The SMILES string of the molecule is CNC1CCc2c1cn(Sc1ccc(Cl)c(Cl)c1)c2-c1ccccc1F. The van der Waals surface area contributed by atoms with Crippen LogP contribution in [0.25, 0.3) is 11.3 Å². The van der Waals surface area contributed by atoms with Crippen molar-refractivity contribution in [1.82, 2.24) is 9.29 Å². The van der Waals surface area contributed by atoms with E-state index in [4.69, 9.17) is 23.2 Å². The molecule has 1 aliphatic rings. The van der Waals surface area contributed by atoms with Gasteiger partial charge < -0.3 is 5.32 Å². The minimum atomic E-state index is -0.211. The lowest BCUT2D eigenvalue weighted by molar-refractivity contribution is 0.588. The van der Waals surface area contributed by atoms with Crippen LogP contribution < -0.4 is 5.32 Å². The molecule has 1 unspecified atom stereocenters. The molecular weight excluding hydrogens is 390 g/mol. The summed E-state index contributed by atoms with van der Waals surface area (Å²) in [5, 5.41) is 4.39. The Morgan fingerprint density at radius 1 is 1.15 bits per heavy atom. The van der Waals surface area contributed by atoms with Gasteiger partial charge in [0.2, 0.25) is 0 Å². The standard InChI is InChI=1S/C20H17Cl2FN2S/c1-24-19-9-7-13-15(19)11-25(20(13)14-4-2-3-5-18(14)23)26-12-6-8-16(21)17(22)10-12/h2-6,8,10-11,19,24H,7,9H2,1H3. The minimum Gasteiger partial charge on any atom is -0.313 e. The van der Waals surface area contributed by atoms with Crippen molar-refractivity contribution in [3.63, 3.8) is 0 Å². The molecular formula is C20H17Cl2FN2S. The van der Waals surface area contributed by atoms with E-state index >= 15 is 0 Å². The molecule has 3 aromatic rings. The van der Waals surface area contributed by atoms with Crippen LogP contribution in [0.2, 0.25) is 10.0 Å². The predicted octanol–water partition coefficient (Wildman–Crippen LogP) is 6.36. The zero-order chi connectivity index (χ0) is 18.3. The Morgan fingerprint density at radius 3 is 2.69 bits per heavy atom. The largest absolute Gasteiger partial charge is 0.313 e. The van der Waals surface area contributed by atoms with Crippen molar-refractivity contribution in [3.05, 3.63) is 75.7 Å². The molecule has 0 amide bonds. The molecule has 134 valence electrons. The first kappa shape index (κ1) is 17.9. The van der Waals surface area contributed by atoms with Gasteiger partial charge in [-0.1, -0.05) is 35.3 Å². The van der Waals surface area contributed by atoms with Gasteiger partial charge in [-0.3, -0.25) is 3.97 Å². The van der Waals surface area contributed by atoms with Crippen LogP contribution in [-0.2, 0) is 6.42 Å². The highest BCUT2D eigenvalue weighted by molar-refractivity contribution is 7.98. The van der Waals surface area contributed by atoms with Gasteiger partial charge in [0.05, 0.1) is 15.7 Å². The first-order chi connectivity index (χ1) is 12.6. The molecule has 0 fully saturated rings. The molecule has 0 saturated heterocycles. The number of halogens is 3. The number of rotatable bonds is 4. The first-order valence-corrected chi connectivity index (χ1v) is 9.91. The fourth-order valence-electron chi connectivity index (χ4n) is 3.50. The van der Waals surface area contributed by atoms with Crippen LogP contribution in [0.1, 0.15) is 23.6 Å². The number of nitrogens with one attached hydrogen (secondary N) is 1. The summed E-state index contributed by atoms with van der Waals surface area (Å²) in [5.74, 6) is -0.211. The number of hydrogen-bond donors (Lipinski definition) is 1. The molecule has 0 aliphatic heterocycles. The zero-order valence-electron chi connectivity index (χ0n) is 14.1. The number of hydrogen-bond acceptors (Lipinski definition) is 2. The highest BCUT2D eigenvalue weighted by atomic mass is 35.5. The molecule has 1 atom stereocenters. The van der Waals surface area contributed by atoms with Crippen molar-refractivity contribution < 1.29 is 4.39 Å². The molecule has 6 heteroatoms. The van der Waals surface area contributed by atoms with E-state index in [0.29, 0.717) is 21.7 Å². The fourth-order valence-corrected chi connectivity index (χ4v) is 4.85. The van der Waals surface area contributed by atoms with Crippen molar-refractivity contribution in [1.29, 1.82) is 0 Å². The van der Waals surface area contributed by atoms with Crippen LogP contribution in [0.15, 0.2) is 53.6 Å². The van der Waals surface area contributed by atoms with E-state index < -0.39 is 0 Å². The molecule has 2 nitrogen and oxygen atoms in total. The molecule has 0 spiro atoms. The van der Waals surface area contributed by atoms with E-state index in [2.05, 4.69) is 11.5 Å². The maximum Gasteiger partial charge on any atom is 0.132 e. The zero-order valence-corrected chi connectivity index (χ0v) is 16.4. The number of aromatic nitrogens is 1. The van der Waals surface area contributed by atoms with E-state index in [1.165, 1.54) is 29.1 Å². The second-order valence-electron chi connectivity index (χ2n) is 6.26. The number of benzene rings is 2. The molecule has 0 saturated carbocycles. The lowest BCUT2D eigenvalue weighted by Crippen LogP contribution is -2.12. The van der Waals surface area contributed by atoms with E-state index in [1.807, 2.05) is 35.3 Å². The first-order valence-electron chi connectivity index (χ1n) is 8.38. The number of nitrogens with zero attached hydrogens (tertiary/aromatic N) is 1. The van der Waals surface area contributed by atoms with E-state index in [9.17, 15) is 4.39 Å². The predicted molar refractivity (Wildman–Crippen MR) is 108 cm³/mol. The summed E-state index contributed by atoms with van der Waals surface area (Å²) < 4.78 is 16.6. The Bertz CT molecular complexity index is 970. The van der Waals surface area contributed by atoms with Crippen LogP contribution in [0.5, 0.6) is 0 Å². The highest BCUT2D eigenvalue weighted by Crippen LogP contribution is 2.43. The third-order valence-electron chi connectivity index (χ3n) is 4.74. The minimum absolute atomic E-state index is 0.211. The van der Waals surface area contributed by atoms with E-state index in [1.54, 1.807) is 12.1 Å². The summed E-state index contributed by atoms with van der Waals surface area (Å²) >= 11 is 13.7. The number of fused-ring (bicyclic) bond motifs is 1. The second kappa shape index (κ2) is 7.28. The Labute approximate surface area is 166 Å². The summed E-state index contributed by atoms with van der Waals surface area (Å²) in [6.07, 6.45) is 4.07. The third-order valence-corrected chi connectivity index (χ3v) is 6.43.